The van der Waals surface area contributed by atoms with Crippen molar-refractivity contribution >= 4 is 5.97 Å². The first-order valence-electron chi connectivity index (χ1n) is 3.02. The zero-order chi connectivity index (χ0) is 8.43. The molecule has 11 heavy (non-hydrogen) atoms. The average Bonchev–Trinajstić information content (AvgIpc) is 2.31. The fourth-order valence-corrected chi connectivity index (χ4v) is 0.758. The van der Waals surface area contributed by atoms with Crippen molar-refractivity contribution < 1.29 is 15.0 Å². The van der Waals surface area contributed by atoms with Crippen LogP contribution < -0.4 is 0 Å². The summed E-state index contributed by atoms with van der Waals surface area (Å²) in [7, 11) is 1.58. The number of carboxylic acid groups (broad SMARTS) is 1. The molecular weight excluding hydrogens is 148 g/mol. The van der Waals surface area contributed by atoms with Crippen LogP contribution in [0.15, 0.2) is 6.07 Å². The number of aliphatic hydroxyl groups excluding tert-OH is 1. The summed E-state index contributed by atoms with van der Waals surface area (Å²) in [6.45, 7) is -0.198. The van der Waals surface area contributed by atoms with E-state index < -0.39 is 5.97 Å². The van der Waals surface area contributed by atoms with Crippen molar-refractivity contribution in [3.63, 3.8) is 0 Å². The van der Waals surface area contributed by atoms with E-state index in [4.69, 9.17) is 10.2 Å². The molecule has 0 fully saturated rings. The van der Waals surface area contributed by atoms with Gasteiger partial charge in [-0.05, 0) is 6.07 Å². The molecule has 0 bridgehead atoms. The lowest BCUT2D eigenvalue weighted by Crippen LogP contribution is -2.00. The molecule has 0 spiro atoms. The van der Waals surface area contributed by atoms with Crippen LogP contribution in [0.4, 0.5) is 0 Å². The number of aromatic nitrogens is 2. The normalized spacial score (nSPS) is 10.0. The number of aromatic carboxylic acids is 1. The van der Waals surface area contributed by atoms with E-state index in [1.807, 2.05) is 0 Å². The van der Waals surface area contributed by atoms with Crippen molar-refractivity contribution in [2.45, 2.75) is 6.61 Å². The molecule has 0 radical (unpaired) electrons. The first kappa shape index (κ1) is 7.74. The van der Waals surface area contributed by atoms with Crippen molar-refractivity contribution in [1.29, 1.82) is 0 Å². The summed E-state index contributed by atoms with van der Waals surface area (Å²) in [5.41, 5.74) is 0.443. The van der Waals surface area contributed by atoms with Crippen LogP contribution >= 0.6 is 0 Å². The molecule has 0 saturated heterocycles. The fraction of sp³-hybridized carbons (Fsp3) is 0.333. The Morgan fingerprint density at radius 2 is 2.45 bits per heavy atom. The second-order valence-corrected chi connectivity index (χ2v) is 2.11. The minimum atomic E-state index is -1.08. The lowest BCUT2D eigenvalue weighted by molar-refractivity contribution is 0.0689. The van der Waals surface area contributed by atoms with Crippen LogP contribution in [-0.4, -0.2) is 26.0 Å². The number of aliphatic hydroxyl groups is 1. The summed E-state index contributed by atoms with van der Waals surface area (Å²) < 4.78 is 1.34. The van der Waals surface area contributed by atoms with Gasteiger partial charge in [0.15, 0.2) is 5.69 Å². The lowest BCUT2D eigenvalue weighted by atomic mass is 10.4. The molecule has 5 heteroatoms. The first-order chi connectivity index (χ1) is 5.15. The molecule has 1 aromatic heterocycles. The topological polar surface area (TPSA) is 75.4 Å². The summed E-state index contributed by atoms with van der Waals surface area (Å²) in [6.07, 6.45) is 0. The summed E-state index contributed by atoms with van der Waals surface area (Å²) in [5.74, 6) is -1.08. The van der Waals surface area contributed by atoms with Crippen LogP contribution in [0.5, 0.6) is 0 Å². The van der Waals surface area contributed by atoms with Gasteiger partial charge < -0.3 is 10.2 Å². The first-order valence-corrected chi connectivity index (χ1v) is 3.02. The Morgan fingerprint density at radius 1 is 1.82 bits per heavy atom. The van der Waals surface area contributed by atoms with E-state index in [0.717, 1.165) is 0 Å². The third kappa shape index (κ3) is 1.38. The van der Waals surface area contributed by atoms with Crippen molar-refractivity contribution in [2.75, 3.05) is 0 Å². The molecular formula is C6H8N2O3. The highest BCUT2D eigenvalue weighted by atomic mass is 16.4. The van der Waals surface area contributed by atoms with Crippen molar-refractivity contribution in [1.82, 2.24) is 9.78 Å². The number of nitrogens with zero attached hydrogens (tertiary/aromatic N) is 2. The Bertz CT molecular complexity index is 279. The van der Waals surface area contributed by atoms with Gasteiger partial charge in [-0.15, -0.1) is 0 Å². The van der Waals surface area contributed by atoms with Crippen LogP contribution in [0.2, 0.25) is 0 Å². The quantitative estimate of drug-likeness (QED) is 0.611. The Morgan fingerprint density at radius 3 is 2.73 bits per heavy atom. The largest absolute Gasteiger partial charge is 0.476 e. The minimum Gasteiger partial charge on any atom is -0.476 e. The Kier molecular flexibility index (Phi) is 1.91. The van der Waals surface area contributed by atoms with Gasteiger partial charge in [0.25, 0.3) is 0 Å². The molecule has 1 heterocycles. The van der Waals surface area contributed by atoms with E-state index in [0.29, 0.717) is 5.69 Å². The molecule has 0 saturated carbocycles. The standard InChI is InChI=1S/C6H8N2O3/c1-8-4(3-9)2-5(7-8)6(10)11/h2,9H,3H2,1H3,(H,10,11). The number of aryl methyl sites for hydroxylation is 1. The van der Waals surface area contributed by atoms with Crippen LogP contribution in [0.25, 0.3) is 0 Å². The third-order valence-corrected chi connectivity index (χ3v) is 1.36. The smallest absolute Gasteiger partial charge is 0.356 e. The van der Waals surface area contributed by atoms with Gasteiger partial charge in [-0.3, -0.25) is 4.68 Å². The van der Waals surface area contributed by atoms with E-state index in [1.165, 1.54) is 10.7 Å². The van der Waals surface area contributed by atoms with Gasteiger partial charge in [0.2, 0.25) is 0 Å². The van der Waals surface area contributed by atoms with Crippen LogP contribution in [-0.2, 0) is 13.7 Å². The predicted molar refractivity (Wildman–Crippen MR) is 36.1 cm³/mol. The van der Waals surface area contributed by atoms with E-state index in [-0.39, 0.29) is 12.3 Å². The zero-order valence-corrected chi connectivity index (χ0v) is 5.98. The lowest BCUT2D eigenvalue weighted by Gasteiger charge is -1.92. The highest BCUT2D eigenvalue weighted by Crippen LogP contribution is 2.01. The number of rotatable bonds is 2. The van der Waals surface area contributed by atoms with Crippen LogP contribution in [0.3, 0.4) is 0 Å². The summed E-state index contributed by atoms with van der Waals surface area (Å²) in [4.78, 5) is 10.3. The molecule has 0 amide bonds. The SMILES string of the molecule is Cn1nc(C(=O)O)cc1CO. The Hall–Kier alpha value is -1.36. The number of carboxylic acids is 1. The van der Waals surface area contributed by atoms with Gasteiger partial charge >= 0.3 is 5.97 Å². The molecule has 0 atom stereocenters. The zero-order valence-electron chi connectivity index (χ0n) is 5.98. The monoisotopic (exact) mass is 156 g/mol. The average molecular weight is 156 g/mol. The molecule has 1 aromatic rings. The highest BCUT2D eigenvalue weighted by Gasteiger charge is 2.09. The van der Waals surface area contributed by atoms with Gasteiger partial charge in [0, 0.05) is 7.05 Å². The number of hydrogen-bond acceptors (Lipinski definition) is 3. The molecule has 60 valence electrons. The van der Waals surface area contributed by atoms with Crippen molar-refractivity contribution in [3.05, 3.63) is 17.5 Å². The van der Waals surface area contributed by atoms with Crippen molar-refractivity contribution in [3.8, 4) is 0 Å². The molecule has 0 aromatic carbocycles. The maximum absolute atomic E-state index is 10.3. The van der Waals surface area contributed by atoms with E-state index in [1.54, 1.807) is 7.05 Å². The second kappa shape index (κ2) is 2.71. The number of carbonyl (C=O) groups is 1. The molecule has 0 aliphatic rings. The van der Waals surface area contributed by atoms with E-state index in [9.17, 15) is 4.79 Å². The molecule has 0 aliphatic heterocycles. The number of hydrogen-bond donors (Lipinski definition) is 2. The van der Waals surface area contributed by atoms with Gasteiger partial charge in [0.1, 0.15) is 0 Å². The second-order valence-electron chi connectivity index (χ2n) is 2.11. The van der Waals surface area contributed by atoms with Gasteiger partial charge in [0.05, 0.1) is 12.3 Å². The van der Waals surface area contributed by atoms with Crippen LogP contribution in [0, 0.1) is 0 Å². The maximum Gasteiger partial charge on any atom is 0.356 e. The molecule has 2 N–H and O–H groups in total. The Balaban J connectivity index is 3.05. The predicted octanol–water partition coefficient (Wildman–Crippen LogP) is -0.389. The summed E-state index contributed by atoms with van der Waals surface area (Å²) in [5, 5.41) is 20.8. The highest BCUT2D eigenvalue weighted by molar-refractivity contribution is 5.85. The molecule has 0 aliphatic carbocycles. The Labute approximate surface area is 62.9 Å². The summed E-state index contributed by atoms with van der Waals surface area (Å²) >= 11 is 0. The van der Waals surface area contributed by atoms with Crippen molar-refractivity contribution in [2.24, 2.45) is 7.05 Å². The summed E-state index contributed by atoms with van der Waals surface area (Å²) in [6, 6.07) is 1.34. The van der Waals surface area contributed by atoms with E-state index >= 15 is 0 Å². The molecule has 0 unspecified atom stereocenters. The van der Waals surface area contributed by atoms with Gasteiger partial charge in [-0.2, -0.15) is 5.10 Å². The van der Waals surface area contributed by atoms with Gasteiger partial charge in [-0.1, -0.05) is 0 Å². The van der Waals surface area contributed by atoms with E-state index in [2.05, 4.69) is 5.10 Å². The third-order valence-electron chi connectivity index (χ3n) is 1.36. The molecule has 1 rings (SSSR count). The maximum atomic E-state index is 10.3. The fourth-order valence-electron chi connectivity index (χ4n) is 0.758. The minimum absolute atomic E-state index is 0.0449. The van der Waals surface area contributed by atoms with Crippen LogP contribution in [0.1, 0.15) is 16.2 Å². The van der Waals surface area contributed by atoms with Gasteiger partial charge in [-0.25, -0.2) is 4.79 Å². The molecule has 5 nitrogen and oxygen atoms in total.